The van der Waals surface area contributed by atoms with Crippen molar-refractivity contribution in [1.82, 2.24) is 10.2 Å². The molecule has 19 heavy (non-hydrogen) atoms. The highest BCUT2D eigenvalue weighted by Gasteiger charge is 2.24. The fourth-order valence-electron chi connectivity index (χ4n) is 2.13. The van der Waals surface area contributed by atoms with Crippen LogP contribution in [0.25, 0.3) is 0 Å². The van der Waals surface area contributed by atoms with Crippen LogP contribution in [0.1, 0.15) is 11.1 Å². The molecule has 2 rings (SSSR count). The number of likely N-dealkylation sites (N-methyl/N-ethyl adjacent to an activating group) is 1. The number of nitrogens with one attached hydrogen (secondary N) is 1. The van der Waals surface area contributed by atoms with E-state index in [0.29, 0.717) is 25.3 Å². The lowest BCUT2D eigenvalue weighted by Gasteiger charge is -2.27. The molecule has 1 aromatic carbocycles. The molecule has 0 spiro atoms. The van der Waals surface area contributed by atoms with Crippen LogP contribution in [0.15, 0.2) is 18.2 Å². The molecule has 0 bridgehead atoms. The number of morpholine rings is 1. The van der Waals surface area contributed by atoms with Gasteiger partial charge in [-0.15, -0.1) is 0 Å². The van der Waals surface area contributed by atoms with E-state index in [-0.39, 0.29) is 11.7 Å². The third-order valence-electron chi connectivity index (χ3n) is 3.22. The summed E-state index contributed by atoms with van der Waals surface area (Å²) < 4.78 is 18.6. The average Bonchev–Trinajstić information content (AvgIpc) is 2.43. The molecule has 0 radical (unpaired) electrons. The van der Waals surface area contributed by atoms with Crippen molar-refractivity contribution in [1.29, 1.82) is 0 Å². The smallest absolute Gasteiger partial charge is 0.253 e. The van der Waals surface area contributed by atoms with Gasteiger partial charge in [-0.1, -0.05) is 12.1 Å². The largest absolute Gasteiger partial charge is 0.366 e. The topological polar surface area (TPSA) is 41.6 Å². The number of benzene rings is 1. The SMILES string of the molecule is Cc1cc(CN(C)C(=O)C2CNCCO2)ccc1F. The van der Waals surface area contributed by atoms with Crippen LogP contribution in [0.3, 0.4) is 0 Å². The van der Waals surface area contributed by atoms with Crippen molar-refractivity contribution in [2.75, 3.05) is 26.7 Å². The van der Waals surface area contributed by atoms with E-state index in [1.165, 1.54) is 6.07 Å². The molecule has 5 heteroatoms. The van der Waals surface area contributed by atoms with Crippen LogP contribution < -0.4 is 5.32 Å². The highest BCUT2D eigenvalue weighted by atomic mass is 19.1. The van der Waals surface area contributed by atoms with E-state index in [1.54, 1.807) is 31.0 Å². The lowest BCUT2D eigenvalue weighted by Crippen LogP contribution is -2.48. The first kappa shape index (κ1) is 14.0. The second-order valence-electron chi connectivity index (χ2n) is 4.84. The molecule has 1 aliphatic heterocycles. The molecule has 1 heterocycles. The third kappa shape index (κ3) is 3.52. The quantitative estimate of drug-likeness (QED) is 0.890. The first-order valence-electron chi connectivity index (χ1n) is 6.40. The van der Waals surface area contributed by atoms with Crippen LogP contribution in [0.2, 0.25) is 0 Å². The fourth-order valence-corrected chi connectivity index (χ4v) is 2.13. The van der Waals surface area contributed by atoms with Gasteiger partial charge in [-0.3, -0.25) is 4.79 Å². The number of carbonyl (C=O) groups is 1. The van der Waals surface area contributed by atoms with Crippen molar-refractivity contribution in [3.63, 3.8) is 0 Å². The number of aryl methyl sites for hydroxylation is 1. The second-order valence-corrected chi connectivity index (χ2v) is 4.84. The minimum absolute atomic E-state index is 0.0471. The highest BCUT2D eigenvalue weighted by Crippen LogP contribution is 2.12. The molecule has 1 aromatic rings. The number of halogens is 1. The van der Waals surface area contributed by atoms with Crippen LogP contribution in [0.5, 0.6) is 0 Å². The number of carbonyl (C=O) groups excluding carboxylic acids is 1. The maximum atomic E-state index is 13.2. The average molecular weight is 266 g/mol. The summed E-state index contributed by atoms with van der Waals surface area (Å²) in [6, 6.07) is 4.90. The van der Waals surface area contributed by atoms with E-state index in [2.05, 4.69) is 5.32 Å². The van der Waals surface area contributed by atoms with E-state index in [4.69, 9.17) is 4.74 Å². The van der Waals surface area contributed by atoms with Gasteiger partial charge in [-0.25, -0.2) is 4.39 Å². The van der Waals surface area contributed by atoms with Gasteiger partial charge in [-0.2, -0.15) is 0 Å². The Morgan fingerprint density at radius 1 is 1.58 bits per heavy atom. The second kappa shape index (κ2) is 6.12. The van der Waals surface area contributed by atoms with Crippen LogP contribution in [0.4, 0.5) is 4.39 Å². The molecular weight excluding hydrogens is 247 g/mol. The molecule has 1 fully saturated rings. The summed E-state index contributed by atoms with van der Waals surface area (Å²) in [7, 11) is 1.74. The van der Waals surface area contributed by atoms with Crippen molar-refractivity contribution in [2.24, 2.45) is 0 Å². The van der Waals surface area contributed by atoms with Crippen LogP contribution in [-0.4, -0.2) is 43.7 Å². The maximum Gasteiger partial charge on any atom is 0.253 e. The normalized spacial score (nSPS) is 19.2. The monoisotopic (exact) mass is 266 g/mol. The molecule has 104 valence electrons. The molecule has 1 aliphatic rings. The number of amides is 1. The number of nitrogens with zero attached hydrogens (tertiary/aromatic N) is 1. The standard InChI is InChI=1S/C14H19FN2O2/c1-10-7-11(3-4-12(10)15)9-17(2)14(18)13-8-16-5-6-19-13/h3-4,7,13,16H,5-6,8-9H2,1-2H3. The Morgan fingerprint density at radius 2 is 2.37 bits per heavy atom. The molecule has 1 atom stereocenters. The molecule has 1 unspecified atom stereocenters. The van der Waals surface area contributed by atoms with Gasteiger partial charge in [0, 0.05) is 26.7 Å². The van der Waals surface area contributed by atoms with Gasteiger partial charge in [0.25, 0.3) is 5.91 Å². The molecule has 0 saturated carbocycles. The number of rotatable bonds is 3. The minimum Gasteiger partial charge on any atom is -0.366 e. The zero-order valence-electron chi connectivity index (χ0n) is 11.3. The third-order valence-corrected chi connectivity index (χ3v) is 3.22. The summed E-state index contributed by atoms with van der Waals surface area (Å²) in [5.41, 5.74) is 1.51. The number of hydrogen-bond acceptors (Lipinski definition) is 3. The molecule has 0 aliphatic carbocycles. The van der Waals surface area contributed by atoms with E-state index in [0.717, 1.165) is 12.1 Å². The predicted octanol–water partition coefficient (Wildman–Crippen LogP) is 1.08. The van der Waals surface area contributed by atoms with Gasteiger partial charge in [0.1, 0.15) is 11.9 Å². The van der Waals surface area contributed by atoms with Crippen molar-refractivity contribution in [2.45, 2.75) is 19.6 Å². The highest BCUT2D eigenvalue weighted by molar-refractivity contribution is 5.81. The zero-order chi connectivity index (χ0) is 13.8. The summed E-state index contributed by atoms with van der Waals surface area (Å²) >= 11 is 0. The predicted molar refractivity (Wildman–Crippen MR) is 70.2 cm³/mol. The van der Waals surface area contributed by atoms with E-state index < -0.39 is 6.10 Å². The summed E-state index contributed by atoms with van der Waals surface area (Å²) in [6.07, 6.45) is -0.416. The Labute approximate surface area is 112 Å². The Bertz CT molecular complexity index is 459. The van der Waals surface area contributed by atoms with Crippen LogP contribution >= 0.6 is 0 Å². The summed E-state index contributed by atoms with van der Waals surface area (Å²) in [4.78, 5) is 13.8. The van der Waals surface area contributed by atoms with Gasteiger partial charge < -0.3 is 15.0 Å². The van der Waals surface area contributed by atoms with E-state index >= 15 is 0 Å². The maximum absolute atomic E-state index is 13.2. The molecule has 1 amide bonds. The van der Waals surface area contributed by atoms with E-state index in [9.17, 15) is 9.18 Å². The van der Waals surface area contributed by atoms with Crippen molar-refractivity contribution < 1.29 is 13.9 Å². The van der Waals surface area contributed by atoms with Crippen molar-refractivity contribution >= 4 is 5.91 Å². The first-order chi connectivity index (χ1) is 9.08. The Kier molecular flexibility index (Phi) is 4.50. The summed E-state index contributed by atoms with van der Waals surface area (Å²) in [5, 5.41) is 3.13. The number of hydrogen-bond donors (Lipinski definition) is 1. The van der Waals surface area contributed by atoms with Gasteiger partial charge in [0.05, 0.1) is 6.61 Å². The van der Waals surface area contributed by atoms with Gasteiger partial charge in [0.15, 0.2) is 0 Å². The zero-order valence-corrected chi connectivity index (χ0v) is 11.3. The van der Waals surface area contributed by atoms with Gasteiger partial charge >= 0.3 is 0 Å². The van der Waals surface area contributed by atoms with Gasteiger partial charge in [-0.05, 0) is 24.1 Å². The lowest BCUT2D eigenvalue weighted by molar-refractivity contribution is -0.144. The molecule has 1 N–H and O–H groups in total. The Balaban J connectivity index is 1.97. The van der Waals surface area contributed by atoms with Gasteiger partial charge in [0.2, 0.25) is 0 Å². The summed E-state index contributed by atoms with van der Waals surface area (Å²) in [6.45, 7) is 4.06. The van der Waals surface area contributed by atoms with E-state index in [1.807, 2.05) is 0 Å². The Hall–Kier alpha value is -1.46. The van der Waals surface area contributed by atoms with Crippen LogP contribution in [0, 0.1) is 12.7 Å². The Morgan fingerprint density at radius 3 is 3.00 bits per heavy atom. The molecular formula is C14H19FN2O2. The fraction of sp³-hybridized carbons (Fsp3) is 0.500. The summed E-state index contributed by atoms with van der Waals surface area (Å²) in [5.74, 6) is -0.272. The van der Waals surface area contributed by atoms with Crippen LogP contribution in [-0.2, 0) is 16.1 Å². The molecule has 0 aromatic heterocycles. The molecule has 4 nitrogen and oxygen atoms in total. The first-order valence-corrected chi connectivity index (χ1v) is 6.40. The molecule has 1 saturated heterocycles. The number of ether oxygens (including phenoxy) is 1. The lowest BCUT2D eigenvalue weighted by atomic mass is 10.1. The van der Waals surface area contributed by atoms with Crippen molar-refractivity contribution in [3.05, 3.63) is 35.1 Å². The minimum atomic E-state index is -0.416. The van der Waals surface area contributed by atoms with Crippen molar-refractivity contribution in [3.8, 4) is 0 Å².